The molecule has 0 atom stereocenters. The summed E-state index contributed by atoms with van der Waals surface area (Å²) in [4.78, 5) is 18.1. The van der Waals surface area contributed by atoms with Gasteiger partial charge < -0.3 is 14.4 Å². The minimum absolute atomic E-state index is 0.169. The highest BCUT2D eigenvalue weighted by molar-refractivity contribution is 5.94. The summed E-state index contributed by atoms with van der Waals surface area (Å²) in [5.41, 5.74) is 1.23. The van der Waals surface area contributed by atoms with Gasteiger partial charge in [-0.15, -0.1) is 0 Å². The molecule has 1 aliphatic heterocycles. The molecule has 1 amide bonds. The molecule has 5 nitrogen and oxygen atoms in total. The van der Waals surface area contributed by atoms with Gasteiger partial charge >= 0.3 is 0 Å². The molecule has 2 heterocycles. The standard InChI is InChI=1S/C14H13FN2O3/c15-10-3-1-9(2-4-10)14(19)17-6-5-11-12(7-17)20-13(8-18)16-11/h1-4,18H,5-8H2. The molecule has 0 saturated carbocycles. The van der Waals surface area contributed by atoms with Crippen LogP contribution in [0.25, 0.3) is 0 Å². The summed E-state index contributed by atoms with van der Waals surface area (Å²) >= 11 is 0. The monoisotopic (exact) mass is 276 g/mol. The number of aliphatic hydroxyl groups excluding tert-OH is 1. The van der Waals surface area contributed by atoms with Crippen molar-refractivity contribution in [2.45, 2.75) is 19.6 Å². The third-order valence-corrected chi connectivity index (χ3v) is 3.29. The van der Waals surface area contributed by atoms with E-state index in [9.17, 15) is 9.18 Å². The number of rotatable bonds is 2. The number of amides is 1. The Balaban J connectivity index is 1.79. The number of aliphatic hydroxyl groups is 1. The number of carbonyl (C=O) groups is 1. The van der Waals surface area contributed by atoms with E-state index in [0.717, 1.165) is 5.69 Å². The first-order chi connectivity index (χ1) is 9.67. The lowest BCUT2D eigenvalue weighted by atomic mass is 10.1. The predicted molar refractivity (Wildman–Crippen MR) is 67.3 cm³/mol. The molecular formula is C14H13FN2O3. The van der Waals surface area contributed by atoms with Gasteiger partial charge in [-0.3, -0.25) is 4.79 Å². The van der Waals surface area contributed by atoms with Crippen LogP contribution in [0.3, 0.4) is 0 Å². The van der Waals surface area contributed by atoms with E-state index >= 15 is 0 Å². The number of carbonyl (C=O) groups excluding carboxylic acids is 1. The van der Waals surface area contributed by atoms with Crippen LogP contribution in [-0.2, 0) is 19.6 Å². The summed E-state index contributed by atoms with van der Waals surface area (Å²) < 4.78 is 18.2. The first-order valence-corrected chi connectivity index (χ1v) is 6.30. The van der Waals surface area contributed by atoms with E-state index in [-0.39, 0.29) is 24.2 Å². The maximum absolute atomic E-state index is 12.9. The van der Waals surface area contributed by atoms with Gasteiger partial charge in [0.15, 0.2) is 0 Å². The summed E-state index contributed by atoms with van der Waals surface area (Å²) in [5, 5.41) is 8.99. The Morgan fingerprint density at radius 2 is 2.15 bits per heavy atom. The molecule has 0 fully saturated rings. The van der Waals surface area contributed by atoms with Crippen molar-refractivity contribution in [1.82, 2.24) is 9.88 Å². The number of nitrogens with zero attached hydrogens (tertiary/aromatic N) is 2. The van der Waals surface area contributed by atoms with Gasteiger partial charge in [0.1, 0.15) is 18.2 Å². The van der Waals surface area contributed by atoms with E-state index in [0.29, 0.717) is 30.8 Å². The van der Waals surface area contributed by atoms with Crippen molar-refractivity contribution in [3.05, 3.63) is 53.0 Å². The molecule has 0 unspecified atom stereocenters. The zero-order chi connectivity index (χ0) is 14.1. The van der Waals surface area contributed by atoms with E-state index in [1.165, 1.54) is 24.3 Å². The Morgan fingerprint density at radius 3 is 2.85 bits per heavy atom. The number of aromatic nitrogens is 1. The number of fused-ring (bicyclic) bond motifs is 1. The van der Waals surface area contributed by atoms with Crippen LogP contribution in [0.15, 0.2) is 28.7 Å². The Morgan fingerprint density at radius 1 is 1.40 bits per heavy atom. The van der Waals surface area contributed by atoms with Gasteiger partial charge in [0.25, 0.3) is 5.91 Å². The Bertz CT molecular complexity index is 636. The largest absolute Gasteiger partial charge is 0.441 e. The lowest BCUT2D eigenvalue weighted by Gasteiger charge is -2.25. The van der Waals surface area contributed by atoms with Gasteiger partial charge in [0.05, 0.1) is 12.2 Å². The predicted octanol–water partition coefficient (Wildman–Crippen LogP) is 1.50. The molecule has 0 radical (unpaired) electrons. The zero-order valence-corrected chi connectivity index (χ0v) is 10.7. The van der Waals surface area contributed by atoms with E-state index in [1.54, 1.807) is 4.90 Å². The first-order valence-electron chi connectivity index (χ1n) is 6.30. The van der Waals surface area contributed by atoms with Crippen molar-refractivity contribution >= 4 is 5.91 Å². The van der Waals surface area contributed by atoms with Gasteiger partial charge in [-0.25, -0.2) is 9.37 Å². The van der Waals surface area contributed by atoms with Crippen molar-refractivity contribution in [2.75, 3.05) is 6.54 Å². The molecule has 20 heavy (non-hydrogen) atoms. The smallest absolute Gasteiger partial charge is 0.254 e. The van der Waals surface area contributed by atoms with Gasteiger partial charge in [-0.05, 0) is 24.3 Å². The fourth-order valence-electron chi connectivity index (χ4n) is 2.26. The summed E-state index contributed by atoms with van der Waals surface area (Å²) in [5.74, 6) is 0.338. The Hall–Kier alpha value is -2.21. The number of benzene rings is 1. The molecule has 1 aromatic heterocycles. The first kappa shape index (κ1) is 12.8. The maximum atomic E-state index is 12.9. The van der Waals surface area contributed by atoms with Gasteiger partial charge in [0, 0.05) is 18.5 Å². The molecule has 0 aliphatic carbocycles. The second-order valence-electron chi connectivity index (χ2n) is 4.62. The van der Waals surface area contributed by atoms with Crippen molar-refractivity contribution in [2.24, 2.45) is 0 Å². The van der Waals surface area contributed by atoms with E-state index < -0.39 is 0 Å². The highest BCUT2D eigenvalue weighted by Gasteiger charge is 2.26. The lowest BCUT2D eigenvalue weighted by molar-refractivity contribution is 0.0718. The molecule has 1 aliphatic rings. The van der Waals surface area contributed by atoms with E-state index in [1.807, 2.05) is 0 Å². The lowest BCUT2D eigenvalue weighted by Crippen LogP contribution is -2.35. The summed E-state index contributed by atoms with van der Waals surface area (Å²) in [6, 6.07) is 5.46. The maximum Gasteiger partial charge on any atom is 0.254 e. The molecule has 1 aromatic carbocycles. The average molecular weight is 276 g/mol. The van der Waals surface area contributed by atoms with Gasteiger partial charge in [-0.2, -0.15) is 0 Å². The molecule has 104 valence electrons. The van der Waals surface area contributed by atoms with Crippen LogP contribution >= 0.6 is 0 Å². The minimum atomic E-state index is -0.370. The Kier molecular flexibility index (Phi) is 3.23. The molecule has 0 bridgehead atoms. The Labute approximate surface area is 114 Å². The molecule has 6 heteroatoms. The van der Waals surface area contributed by atoms with Crippen LogP contribution in [0.4, 0.5) is 4.39 Å². The number of hydrogen-bond donors (Lipinski definition) is 1. The normalized spacial score (nSPS) is 14.2. The minimum Gasteiger partial charge on any atom is -0.441 e. The average Bonchev–Trinajstić information content (AvgIpc) is 2.89. The van der Waals surface area contributed by atoms with Crippen molar-refractivity contribution in [3.8, 4) is 0 Å². The van der Waals surface area contributed by atoms with Crippen molar-refractivity contribution in [1.29, 1.82) is 0 Å². The topological polar surface area (TPSA) is 66.6 Å². The van der Waals surface area contributed by atoms with Crippen LogP contribution in [0.2, 0.25) is 0 Å². The number of hydrogen-bond acceptors (Lipinski definition) is 4. The van der Waals surface area contributed by atoms with Crippen LogP contribution in [0.1, 0.15) is 27.7 Å². The van der Waals surface area contributed by atoms with Gasteiger partial charge in [0.2, 0.25) is 5.89 Å². The number of oxazole rings is 1. The third-order valence-electron chi connectivity index (χ3n) is 3.29. The summed E-state index contributed by atoms with van der Waals surface area (Å²) in [7, 11) is 0. The van der Waals surface area contributed by atoms with Crippen LogP contribution in [-0.4, -0.2) is 27.4 Å². The highest BCUT2D eigenvalue weighted by atomic mass is 19.1. The van der Waals surface area contributed by atoms with Crippen LogP contribution < -0.4 is 0 Å². The van der Waals surface area contributed by atoms with Crippen molar-refractivity contribution in [3.63, 3.8) is 0 Å². The fourth-order valence-corrected chi connectivity index (χ4v) is 2.26. The molecular weight excluding hydrogens is 263 g/mol. The molecule has 0 saturated heterocycles. The van der Waals surface area contributed by atoms with Crippen molar-refractivity contribution < 1.29 is 18.7 Å². The molecule has 3 rings (SSSR count). The second-order valence-corrected chi connectivity index (χ2v) is 4.62. The van der Waals surface area contributed by atoms with Crippen LogP contribution in [0, 0.1) is 5.82 Å². The fraction of sp³-hybridized carbons (Fsp3) is 0.286. The third kappa shape index (κ3) is 2.30. The molecule has 1 N–H and O–H groups in total. The van der Waals surface area contributed by atoms with Gasteiger partial charge in [-0.1, -0.05) is 0 Å². The second kappa shape index (κ2) is 5.05. The summed E-state index contributed by atoms with van der Waals surface area (Å²) in [6.07, 6.45) is 0.589. The SMILES string of the molecule is O=C(c1ccc(F)cc1)N1CCc2nc(CO)oc2C1. The molecule has 2 aromatic rings. The summed E-state index contributed by atoms with van der Waals surface area (Å²) in [6.45, 7) is 0.595. The van der Waals surface area contributed by atoms with Crippen LogP contribution in [0.5, 0.6) is 0 Å². The van der Waals surface area contributed by atoms with E-state index in [4.69, 9.17) is 9.52 Å². The quantitative estimate of drug-likeness (QED) is 0.902. The van der Waals surface area contributed by atoms with E-state index in [2.05, 4.69) is 4.98 Å². The molecule has 0 spiro atoms. The highest BCUT2D eigenvalue weighted by Crippen LogP contribution is 2.21. The number of halogens is 1. The zero-order valence-electron chi connectivity index (χ0n) is 10.7.